The summed E-state index contributed by atoms with van der Waals surface area (Å²) in [6.07, 6.45) is 2.75. The largest absolute Gasteiger partial charge is 0.466 e. The lowest BCUT2D eigenvalue weighted by Crippen LogP contribution is -2.15. The SMILES string of the molecule is CC(=O)OCCCCCNCc1ccc(F)c(F)c1. The predicted molar refractivity (Wildman–Crippen MR) is 68.5 cm³/mol. The standard InChI is InChI=1S/C14H19F2NO2/c1-11(18)19-8-4-2-3-7-17-10-12-5-6-13(15)14(16)9-12/h5-6,9,17H,2-4,7-8,10H2,1H3. The Labute approximate surface area is 112 Å². The summed E-state index contributed by atoms with van der Waals surface area (Å²) in [7, 11) is 0. The molecule has 5 heteroatoms. The quantitative estimate of drug-likeness (QED) is 0.583. The summed E-state index contributed by atoms with van der Waals surface area (Å²) < 4.78 is 30.4. The molecule has 0 unspecified atom stereocenters. The number of hydrogen-bond acceptors (Lipinski definition) is 3. The molecule has 0 aliphatic carbocycles. The molecule has 0 radical (unpaired) electrons. The van der Waals surface area contributed by atoms with E-state index in [0.29, 0.717) is 13.2 Å². The number of nitrogens with one attached hydrogen (secondary N) is 1. The van der Waals surface area contributed by atoms with Crippen LogP contribution in [0.5, 0.6) is 0 Å². The normalized spacial score (nSPS) is 10.5. The van der Waals surface area contributed by atoms with Gasteiger partial charge in [0, 0.05) is 13.5 Å². The van der Waals surface area contributed by atoms with Crippen molar-refractivity contribution in [1.82, 2.24) is 5.32 Å². The van der Waals surface area contributed by atoms with Crippen LogP contribution < -0.4 is 5.32 Å². The summed E-state index contributed by atoms with van der Waals surface area (Å²) in [4.78, 5) is 10.5. The molecule has 0 amide bonds. The number of ether oxygens (including phenoxy) is 1. The molecule has 0 atom stereocenters. The Balaban J connectivity index is 2.04. The molecule has 1 rings (SSSR count). The van der Waals surface area contributed by atoms with E-state index in [1.165, 1.54) is 13.0 Å². The Morgan fingerprint density at radius 3 is 2.68 bits per heavy atom. The van der Waals surface area contributed by atoms with Crippen LogP contribution in [0, 0.1) is 11.6 Å². The Hall–Kier alpha value is -1.49. The van der Waals surface area contributed by atoms with Crippen molar-refractivity contribution in [3.05, 3.63) is 35.4 Å². The third kappa shape index (κ3) is 6.86. The van der Waals surface area contributed by atoms with Gasteiger partial charge in [0.15, 0.2) is 11.6 Å². The van der Waals surface area contributed by atoms with E-state index in [0.717, 1.165) is 37.4 Å². The monoisotopic (exact) mass is 271 g/mol. The van der Waals surface area contributed by atoms with Gasteiger partial charge in [-0.25, -0.2) is 8.78 Å². The van der Waals surface area contributed by atoms with E-state index in [9.17, 15) is 13.6 Å². The molecular formula is C14H19F2NO2. The van der Waals surface area contributed by atoms with Gasteiger partial charge in [0.2, 0.25) is 0 Å². The minimum absolute atomic E-state index is 0.253. The Kier molecular flexibility index (Phi) is 7.03. The third-order valence-electron chi connectivity index (χ3n) is 2.62. The fraction of sp³-hybridized carbons (Fsp3) is 0.500. The Morgan fingerprint density at radius 1 is 1.21 bits per heavy atom. The fourth-order valence-corrected chi connectivity index (χ4v) is 1.63. The molecular weight excluding hydrogens is 252 g/mol. The minimum atomic E-state index is -0.825. The highest BCUT2D eigenvalue weighted by Gasteiger charge is 2.01. The lowest BCUT2D eigenvalue weighted by atomic mass is 10.2. The fourth-order valence-electron chi connectivity index (χ4n) is 1.63. The van der Waals surface area contributed by atoms with Crippen LogP contribution in [0.2, 0.25) is 0 Å². The summed E-state index contributed by atoms with van der Waals surface area (Å²) in [5.41, 5.74) is 0.721. The summed E-state index contributed by atoms with van der Waals surface area (Å²) in [5.74, 6) is -1.90. The van der Waals surface area contributed by atoms with Crippen molar-refractivity contribution in [2.45, 2.75) is 32.7 Å². The highest BCUT2D eigenvalue weighted by Crippen LogP contribution is 2.08. The number of carbonyl (C=O) groups is 1. The zero-order valence-corrected chi connectivity index (χ0v) is 11.0. The van der Waals surface area contributed by atoms with Gasteiger partial charge < -0.3 is 10.1 Å². The van der Waals surface area contributed by atoms with Gasteiger partial charge in [-0.15, -0.1) is 0 Å². The molecule has 19 heavy (non-hydrogen) atoms. The molecule has 0 aromatic heterocycles. The zero-order chi connectivity index (χ0) is 14.1. The summed E-state index contributed by atoms with van der Waals surface area (Å²) in [6, 6.07) is 3.89. The van der Waals surface area contributed by atoms with Gasteiger partial charge in [-0.1, -0.05) is 6.07 Å². The van der Waals surface area contributed by atoms with Crippen molar-refractivity contribution in [1.29, 1.82) is 0 Å². The van der Waals surface area contributed by atoms with E-state index in [2.05, 4.69) is 5.32 Å². The molecule has 0 heterocycles. The maximum Gasteiger partial charge on any atom is 0.302 e. The first-order chi connectivity index (χ1) is 9.09. The molecule has 0 fully saturated rings. The first-order valence-corrected chi connectivity index (χ1v) is 6.37. The summed E-state index contributed by atoms with van der Waals surface area (Å²) >= 11 is 0. The van der Waals surface area contributed by atoms with Gasteiger partial charge in [0.05, 0.1) is 6.61 Å². The number of unbranched alkanes of at least 4 members (excludes halogenated alkanes) is 2. The number of benzene rings is 1. The van der Waals surface area contributed by atoms with Gasteiger partial charge in [0.25, 0.3) is 0 Å². The Bertz CT molecular complexity index is 410. The van der Waals surface area contributed by atoms with Crippen molar-refractivity contribution in [2.75, 3.05) is 13.2 Å². The maximum absolute atomic E-state index is 12.9. The van der Waals surface area contributed by atoms with Crippen molar-refractivity contribution < 1.29 is 18.3 Å². The minimum Gasteiger partial charge on any atom is -0.466 e. The van der Waals surface area contributed by atoms with Crippen LogP contribution in [0.3, 0.4) is 0 Å². The summed E-state index contributed by atoms with van der Waals surface area (Å²) in [6.45, 7) is 3.15. The van der Waals surface area contributed by atoms with Crippen molar-refractivity contribution in [3.63, 3.8) is 0 Å². The zero-order valence-electron chi connectivity index (χ0n) is 11.0. The lowest BCUT2D eigenvalue weighted by Gasteiger charge is -2.05. The van der Waals surface area contributed by atoms with Gasteiger partial charge in [-0.3, -0.25) is 4.79 Å². The van der Waals surface area contributed by atoms with E-state index in [1.54, 1.807) is 6.07 Å². The first-order valence-electron chi connectivity index (χ1n) is 6.37. The van der Waals surface area contributed by atoms with E-state index < -0.39 is 11.6 Å². The van der Waals surface area contributed by atoms with Gasteiger partial charge >= 0.3 is 5.97 Å². The van der Waals surface area contributed by atoms with Crippen LogP contribution in [0.25, 0.3) is 0 Å². The van der Waals surface area contributed by atoms with Crippen LogP contribution in [0.4, 0.5) is 8.78 Å². The number of esters is 1. The van der Waals surface area contributed by atoms with Crippen LogP contribution in [-0.4, -0.2) is 19.1 Å². The molecule has 0 aliphatic rings. The van der Waals surface area contributed by atoms with Crippen LogP contribution >= 0.6 is 0 Å². The molecule has 0 spiro atoms. The van der Waals surface area contributed by atoms with E-state index in [4.69, 9.17) is 4.74 Å². The number of halogens is 2. The molecule has 0 saturated heterocycles. The van der Waals surface area contributed by atoms with Gasteiger partial charge in [-0.2, -0.15) is 0 Å². The highest BCUT2D eigenvalue weighted by molar-refractivity contribution is 5.65. The third-order valence-corrected chi connectivity index (χ3v) is 2.62. The van der Waals surface area contributed by atoms with E-state index in [1.807, 2.05) is 0 Å². The average molecular weight is 271 g/mol. The molecule has 1 N–H and O–H groups in total. The van der Waals surface area contributed by atoms with Gasteiger partial charge in [-0.05, 0) is 43.5 Å². The molecule has 0 aliphatic heterocycles. The lowest BCUT2D eigenvalue weighted by molar-refractivity contribution is -0.141. The first kappa shape index (κ1) is 15.6. The number of carbonyl (C=O) groups excluding carboxylic acids is 1. The number of rotatable bonds is 8. The van der Waals surface area contributed by atoms with Crippen LogP contribution in [-0.2, 0) is 16.1 Å². The molecule has 0 bridgehead atoms. The molecule has 1 aromatic rings. The Morgan fingerprint density at radius 2 is 2.00 bits per heavy atom. The van der Waals surface area contributed by atoms with E-state index in [-0.39, 0.29) is 5.97 Å². The van der Waals surface area contributed by atoms with Gasteiger partial charge in [0.1, 0.15) is 0 Å². The molecule has 1 aromatic carbocycles. The average Bonchev–Trinajstić information content (AvgIpc) is 2.36. The van der Waals surface area contributed by atoms with Crippen molar-refractivity contribution in [3.8, 4) is 0 Å². The second-order valence-electron chi connectivity index (χ2n) is 4.33. The van der Waals surface area contributed by atoms with Crippen LogP contribution in [0.15, 0.2) is 18.2 Å². The van der Waals surface area contributed by atoms with Crippen molar-refractivity contribution >= 4 is 5.97 Å². The highest BCUT2D eigenvalue weighted by atomic mass is 19.2. The molecule has 0 saturated carbocycles. The van der Waals surface area contributed by atoms with Crippen molar-refractivity contribution in [2.24, 2.45) is 0 Å². The molecule has 3 nitrogen and oxygen atoms in total. The second-order valence-corrected chi connectivity index (χ2v) is 4.33. The maximum atomic E-state index is 12.9. The van der Waals surface area contributed by atoms with Crippen LogP contribution in [0.1, 0.15) is 31.7 Å². The topological polar surface area (TPSA) is 38.3 Å². The smallest absolute Gasteiger partial charge is 0.302 e. The predicted octanol–water partition coefficient (Wildman–Crippen LogP) is 2.79. The second kappa shape index (κ2) is 8.58. The number of hydrogen-bond donors (Lipinski definition) is 1. The van der Waals surface area contributed by atoms with E-state index >= 15 is 0 Å². The molecule has 106 valence electrons. The summed E-state index contributed by atoms with van der Waals surface area (Å²) in [5, 5.41) is 3.15.